The molecule has 0 radical (unpaired) electrons. The van der Waals surface area contributed by atoms with Gasteiger partial charge in [-0.2, -0.15) is 0 Å². The lowest BCUT2D eigenvalue weighted by Gasteiger charge is -2.42. The summed E-state index contributed by atoms with van der Waals surface area (Å²) in [5.74, 6) is 2.35. The number of methoxy groups -OCH3 is 2. The molecule has 5 heteroatoms. The van der Waals surface area contributed by atoms with Crippen LogP contribution in [0.2, 0.25) is 0 Å². The van der Waals surface area contributed by atoms with Gasteiger partial charge in [-0.25, -0.2) is 0 Å². The van der Waals surface area contributed by atoms with Crippen LogP contribution in [0.25, 0.3) is 0 Å². The average Bonchev–Trinajstić information content (AvgIpc) is 3.63. The van der Waals surface area contributed by atoms with E-state index in [0.717, 1.165) is 54.0 Å². The number of hydrogen-bond acceptors (Lipinski definition) is 4. The third-order valence-electron chi connectivity index (χ3n) is 6.70. The maximum Gasteiger partial charge on any atom is 0.227 e. The van der Waals surface area contributed by atoms with Gasteiger partial charge in [-0.15, -0.1) is 0 Å². The lowest BCUT2D eigenvalue weighted by Crippen LogP contribution is -2.34. The van der Waals surface area contributed by atoms with Gasteiger partial charge in [0.1, 0.15) is 17.6 Å². The molecule has 3 atom stereocenters. The van der Waals surface area contributed by atoms with E-state index in [0.29, 0.717) is 5.92 Å². The van der Waals surface area contributed by atoms with Gasteiger partial charge in [-0.05, 0) is 55.5 Å². The van der Waals surface area contributed by atoms with Gasteiger partial charge >= 0.3 is 0 Å². The number of fused-ring (bicyclic) bond motifs is 3. The normalized spacial score (nSPS) is 25.1. The number of benzene rings is 2. The van der Waals surface area contributed by atoms with Gasteiger partial charge in [0.05, 0.1) is 20.3 Å². The molecule has 158 valence electrons. The summed E-state index contributed by atoms with van der Waals surface area (Å²) in [5, 5.41) is 3.06. The first-order valence-corrected chi connectivity index (χ1v) is 11.0. The topological polar surface area (TPSA) is 56.8 Å². The summed E-state index contributed by atoms with van der Waals surface area (Å²) in [5.41, 5.74) is 4.14. The van der Waals surface area contributed by atoms with E-state index < -0.39 is 0 Å². The van der Waals surface area contributed by atoms with Gasteiger partial charge < -0.3 is 19.5 Å². The van der Waals surface area contributed by atoms with E-state index in [9.17, 15) is 4.79 Å². The molecule has 2 aromatic rings. The van der Waals surface area contributed by atoms with Crippen LogP contribution in [0.4, 0.5) is 5.69 Å². The van der Waals surface area contributed by atoms with Crippen LogP contribution in [0.5, 0.6) is 11.5 Å². The number of carbonyl (C=O) groups excluding carboxylic acids is 1. The smallest absolute Gasteiger partial charge is 0.227 e. The molecule has 2 saturated carbocycles. The van der Waals surface area contributed by atoms with Crippen molar-refractivity contribution in [3.8, 4) is 11.5 Å². The Kier molecular flexibility index (Phi) is 5.15. The molecule has 0 spiro atoms. The summed E-state index contributed by atoms with van der Waals surface area (Å²) in [7, 11) is 3.44. The molecule has 30 heavy (non-hydrogen) atoms. The van der Waals surface area contributed by atoms with E-state index in [4.69, 9.17) is 14.2 Å². The van der Waals surface area contributed by atoms with E-state index in [-0.39, 0.29) is 24.0 Å². The van der Waals surface area contributed by atoms with Crippen LogP contribution >= 0.6 is 0 Å². The zero-order valence-electron chi connectivity index (χ0n) is 17.6. The molecule has 1 N–H and O–H groups in total. The lowest BCUT2D eigenvalue weighted by atomic mass is 9.75. The van der Waals surface area contributed by atoms with Crippen molar-refractivity contribution in [3.05, 3.63) is 53.1 Å². The fourth-order valence-corrected chi connectivity index (χ4v) is 5.05. The molecule has 0 bridgehead atoms. The van der Waals surface area contributed by atoms with Crippen molar-refractivity contribution >= 4 is 11.6 Å². The highest BCUT2D eigenvalue weighted by atomic mass is 16.5. The number of nitrogens with one attached hydrogen (secondary N) is 1. The monoisotopic (exact) mass is 407 g/mol. The second-order valence-corrected chi connectivity index (χ2v) is 8.63. The summed E-state index contributed by atoms with van der Waals surface area (Å²) in [4.78, 5) is 12.3. The van der Waals surface area contributed by atoms with Crippen LogP contribution in [0, 0.1) is 5.92 Å². The largest absolute Gasteiger partial charge is 0.496 e. The fourth-order valence-electron chi connectivity index (χ4n) is 5.05. The van der Waals surface area contributed by atoms with Crippen LogP contribution < -0.4 is 14.8 Å². The molecule has 2 aliphatic carbocycles. The Morgan fingerprint density at radius 1 is 0.967 bits per heavy atom. The van der Waals surface area contributed by atoms with Crippen molar-refractivity contribution in [1.82, 2.24) is 0 Å². The Balaban J connectivity index is 1.58. The van der Waals surface area contributed by atoms with E-state index in [1.807, 2.05) is 30.3 Å². The molecule has 0 aromatic heterocycles. The minimum Gasteiger partial charge on any atom is -0.496 e. The Morgan fingerprint density at radius 3 is 2.43 bits per heavy atom. The van der Waals surface area contributed by atoms with Crippen LogP contribution in [0.1, 0.15) is 67.2 Å². The van der Waals surface area contributed by atoms with Gasteiger partial charge in [-0.1, -0.05) is 25.0 Å². The highest BCUT2D eigenvalue weighted by Crippen LogP contribution is 2.53. The number of hydrogen-bond donors (Lipinski definition) is 1. The zero-order valence-corrected chi connectivity index (χ0v) is 17.6. The van der Waals surface area contributed by atoms with Crippen LogP contribution in [0.3, 0.4) is 0 Å². The molecule has 1 heterocycles. The maximum absolute atomic E-state index is 12.3. The molecule has 2 aromatic carbocycles. The standard InChI is InChI=1S/C25H29NO4/c1-28-20-12-13-21(29-2)23-22(20)18-8-3-4-9-19(18)30-24(23)16-6-5-7-17(14-16)26-25(27)15-10-11-15/h5-7,12-15,18-19,24H,3-4,8-11H2,1-2H3,(H,26,27). The van der Waals surface area contributed by atoms with Gasteiger partial charge in [0.2, 0.25) is 5.91 Å². The Labute approximate surface area is 177 Å². The minimum absolute atomic E-state index is 0.115. The summed E-state index contributed by atoms with van der Waals surface area (Å²) in [6.07, 6.45) is 6.45. The molecular weight excluding hydrogens is 378 g/mol. The number of carbonyl (C=O) groups is 1. The molecule has 1 aliphatic heterocycles. The predicted octanol–water partition coefficient (Wildman–Crippen LogP) is 5.20. The molecule has 3 aliphatic rings. The quantitative estimate of drug-likeness (QED) is 0.740. The van der Waals surface area contributed by atoms with Crippen molar-refractivity contribution in [1.29, 1.82) is 0 Å². The Hall–Kier alpha value is -2.53. The second-order valence-electron chi connectivity index (χ2n) is 8.63. The van der Waals surface area contributed by atoms with Crippen LogP contribution in [0.15, 0.2) is 36.4 Å². The Morgan fingerprint density at radius 2 is 1.70 bits per heavy atom. The van der Waals surface area contributed by atoms with Gasteiger partial charge in [0.25, 0.3) is 0 Å². The fraction of sp³-hybridized carbons (Fsp3) is 0.480. The average molecular weight is 408 g/mol. The molecule has 5 rings (SSSR count). The van der Waals surface area contributed by atoms with E-state index in [1.54, 1.807) is 14.2 Å². The summed E-state index contributed by atoms with van der Waals surface area (Å²) in [6, 6.07) is 12.0. The predicted molar refractivity (Wildman–Crippen MR) is 115 cm³/mol. The number of ether oxygens (including phenoxy) is 3. The summed E-state index contributed by atoms with van der Waals surface area (Å²) in [6.45, 7) is 0. The number of amides is 1. The molecule has 3 unspecified atom stereocenters. The molecule has 2 fully saturated rings. The van der Waals surface area contributed by atoms with Crippen LogP contribution in [-0.2, 0) is 9.53 Å². The molecule has 1 amide bonds. The van der Waals surface area contributed by atoms with E-state index in [2.05, 4.69) is 11.4 Å². The Bertz CT molecular complexity index is 952. The van der Waals surface area contributed by atoms with Crippen molar-refractivity contribution in [2.75, 3.05) is 19.5 Å². The van der Waals surface area contributed by atoms with Gasteiger partial charge in [0.15, 0.2) is 0 Å². The van der Waals surface area contributed by atoms with Crippen molar-refractivity contribution in [2.45, 2.75) is 56.7 Å². The zero-order chi connectivity index (χ0) is 20.7. The molecule has 0 saturated heterocycles. The first-order chi connectivity index (χ1) is 14.7. The highest BCUT2D eigenvalue weighted by molar-refractivity contribution is 5.94. The molecule has 5 nitrogen and oxygen atoms in total. The first-order valence-electron chi connectivity index (χ1n) is 11.0. The van der Waals surface area contributed by atoms with Crippen molar-refractivity contribution in [2.24, 2.45) is 5.92 Å². The number of anilines is 1. The summed E-state index contributed by atoms with van der Waals surface area (Å²) < 4.78 is 18.3. The lowest BCUT2D eigenvalue weighted by molar-refractivity contribution is -0.117. The second kappa shape index (κ2) is 7.95. The van der Waals surface area contributed by atoms with Crippen molar-refractivity contribution < 1.29 is 19.0 Å². The SMILES string of the molecule is COc1ccc(OC)c2c1C(c1cccc(NC(=O)C3CC3)c1)OC1CCCCC21. The summed E-state index contributed by atoms with van der Waals surface area (Å²) >= 11 is 0. The number of rotatable bonds is 5. The minimum atomic E-state index is -0.248. The van der Waals surface area contributed by atoms with Crippen molar-refractivity contribution in [3.63, 3.8) is 0 Å². The highest BCUT2D eigenvalue weighted by Gasteiger charge is 2.41. The van der Waals surface area contributed by atoms with Gasteiger partial charge in [0, 0.05) is 28.7 Å². The van der Waals surface area contributed by atoms with Gasteiger partial charge in [-0.3, -0.25) is 4.79 Å². The third-order valence-corrected chi connectivity index (χ3v) is 6.70. The maximum atomic E-state index is 12.3. The first kappa shape index (κ1) is 19.4. The van der Waals surface area contributed by atoms with E-state index >= 15 is 0 Å². The third kappa shape index (κ3) is 3.45. The van der Waals surface area contributed by atoms with E-state index in [1.165, 1.54) is 18.4 Å². The molecular formula is C25H29NO4. The van der Waals surface area contributed by atoms with Crippen LogP contribution in [-0.4, -0.2) is 26.2 Å².